The number of nitrogens with one attached hydrogen (secondary N) is 1. The molecule has 2 heterocycles. The SMILES string of the molecule is CN(C)C(=O)c1cccnc1N1CCOc2c(C(=O)Nc3ccc(OC(F)(F)F)cc3)cccc21. The molecule has 182 valence electrons. The monoisotopic (exact) mass is 486 g/mol. The van der Waals surface area contributed by atoms with Gasteiger partial charge in [-0.15, -0.1) is 13.2 Å². The Labute approximate surface area is 198 Å². The summed E-state index contributed by atoms with van der Waals surface area (Å²) in [5.41, 5.74) is 1.46. The summed E-state index contributed by atoms with van der Waals surface area (Å²) in [4.78, 5) is 33.4. The Bertz CT molecular complexity index is 1250. The fourth-order valence-electron chi connectivity index (χ4n) is 3.61. The zero-order chi connectivity index (χ0) is 25.2. The lowest BCUT2D eigenvalue weighted by Crippen LogP contribution is -2.33. The first-order valence-electron chi connectivity index (χ1n) is 10.5. The molecule has 0 saturated heterocycles. The van der Waals surface area contributed by atoms with E-state index >= 15 is 0 Å². The molecule has 3 aromatic rings. The maximum atomic E-state index is 13.0. The number of carbonyl (C=O) groups is 2. The third kappa shape index (κ3) is 5.29. The number of nitrogens with zero attached hydrogens (tertiary/aromatic N) is 3. The van der Waals surface area contributed by atoms with Crippen LogP contribution in [0.4, 0.5) is 30.4 Å². The summed E-state index contributed by atoms with van der Waals surface area (Å²) < 4.78 is 46.7. The summed E-state index contributed by atoms with van der Waals surface area (Å²) >= 11 is 0. The number of hydrogen-bond donors (Lipinski definition) is 1. The first kappa shape index (κ1) is 23.9. The Balaban J connectivity index is 1.61. The second-order valence-corrected chi connectivity index (χ2v) is 7.75. The number of benzene rings is 2. The van der Waals surface area contributed by atoms with Crippen LogP contribution in [0.25, 0.3) is 0 Å². The predicted molar refractivity (Wildman–Crippen MR) is 122 cm³/mol. The third-order valence-electron chi connectivity index (χ3n) is 5.12. The summed E-state index contributed by atoms with van der Waals surface area (Å²) in [5.74, 6) is -0.382. The lowest BCUT2D eigenvalue weighted by molar-refractivity contribution is -0.274. The molecule has 1 N–H and O–H groups in total. The van der Waals surface area contributed by atoms with Gasteiger partial charge in [-0.05, 0) is 48.5 Å². The van der Waals surface area contributed by atoms with Crippen molar-refractivity contribution in [1.29, 1.82) is 0 Å². The molecule has 1 aliphatic rings. The fourth-order valence-corrected chi connectivity index (χ4v) is 3.61. The van der Waals surface area contributed by atoms with Crippen LogP contribution >= 0.6 is 0 Å². The largest absolute Gasteiger partial charge is 0.573 e. The maximum Gasteiger partial charge on any atom is 0.573 e. The number of amides is 2. The van der Waals surface area contributed by atoms with E-state index in [-0.39, 0.29) is 23.8 Å². The van der Waals surface area contributed by atoms with E-state index in [0.29, 0.717) is 29.4 Å². The molecule has 0 fully saturated rings. The second kappa shape index (κ2) is 9.53. The summed E-state index contributed by atoms with van der Waals surface area (Å²) in [6.07, 6.45) is -3.22. The van der Waals surface area contributed by atoms with Crippen LogP contribution in [0.1, 0.15) is 20.7 Å². The summed E-state index contributed by atoms with van der Waals surface area (Å²) in [7, 11) is 3.30. The number of fused-ring (bicyclic) bond motifs is 1. The van der Waals surface area contributed by atoms with E-state index in [2.05, 4.69) is 15.0 Å². The topological polar surface area (TPSA) is 84.0 Å². The molecule has 0 saturated carbocycles. The molecule has 0 atom stereocenters. The molecule has 0 aliphatic carbocycles. The Hall–Kier alpha value is -4.28. The second-order valence-electron chi connectivity index (χ2n) is 7.75. The molecule has 4 rings (SSSR count). The van der Waals surface area contributed by atoms with Crippen LogP contribution < -0.4 is 19.7 Å². The molecule has 2 aromatic carbocycles. The minimum absolute atomic E-state index is 0.215. The first-order chi connectivity index (χ1) is 16.6. The van der Waals surface area contributed by atoms with Gasteiger partial charge in [-0.2, -0.15) is 0 Å². The molecule has 1 aromatic heterocycles. The van der Waals surface area contributed by atoms with Gasteiger partial charge in [0, 0.05) is 26.0 Å². The molecule has 0 bridgehead atoms. The summed E-state index contributed by atoms with van der Waals surface area (Å²) in [5, 5.41) is 2.65. The third-order valence-corrected chi connectivity index (χ3v) is 5.12. The lowest BCUT2D eigenvalue weighted by Gasteiger charge is -2.32. The lowest BCUT2D eigenvalue weighted by atomic mass is 10.1. The molecule has 11 heteroatoms. The molecule has 0 unspecified atom stereocenters. The molecular weight excluding hydrogens is 465 g/mol. The van der Waals surface area contributed by atoms with Gasteiger partial charge in [-0.3, -0.25) is 9.59 Å². The van der Waals surface area contributed by atoms with Gasteiger partial charge >= 0.3 is 6.36 Å². The Kier molecular flexibility index (Phi) is 6.50. The van der Waals surface area contributed by atoms with Crippen molar-refractivity contribution in [3.05, 3.63) is 71.9 Å². The van der Waals surface area contributed by atoms with Crippen LogP contribution in [0.3, 0.4) is 0 Å². The average Bonchev–Trinajstić information content (AvgIpc) is 2.83. The van der Waals surface area contributed by atoms with Crippen molar-refractivity contribution in [1.82, 2.24) is 9.88 Å². The van der Waals surface area contributed by atoms with Gasteiger partial charge in [-0.25, -0.2) is 4.98 Å². The highest BCUT2D eigenvalue weighted by atomic mass is 19.4. The van der Waals surface area contributed by atoms with Crippen LogP contribution in [0.5, 0.6) is 11.5 Å². The van der Waals surface area contributed by atoms with Crippen LogP contribution in [0.2, 0.25) is 0 Å². The van der Waals surface area contributed by atoms with Gasteiger partial charge in [0.05, 0.1) is 23.4 Å². The fraction of sp³-hybridized carbons (Fsp3) is 0.208. The molecule has 35 heavy (non-hydrogen) atoms. The van der Waals surface area contributed by atoms with Gasteiger partial charge in [0.1, 0.15) is 18.2 Å². The average molecular weight is 486 g/mol. The van der Waals surface area contributed by atoms with Crippen molar-refractivity contribution in [2.45, 2.75) is 6.36 Å². The van der Waals surface area contributed by atoms with Crippen LogP contribution in [-0.2, 0) is 0 Å². The van der Waals surface area contributed by atoms with E-state index in [1.54, 1.807) is 50.6 Å². The maximum absolute atomic E-state index is 13.0. The van der Waals surface area contributed by atoms with Gasteiger partial charge in [0.25, 0.3) is 11.8 Å². The number of pyridine rings is 1. The van der Waals surface area contributed by atoms with Gasteiger partial charge < -0.3 is 24.6 Å². The highest BCUT2D eigenvalue weighted by Crippen LogP contribution is 2.40. The smallest absolute Gasteiger partial charge is 0.489 e. The van der Waals surface area contributed by atoms with Crippen molar-refractivity contribution in [2.24, 2.45) is 0 Å². The molecular formula is C24H21F3N4O4. The highest BCUT2D eigenvalue weighted by molar-refractivity contribution is 6.08. The normalized spacial score (nSPS) is 12.9. The minimum atomic E-state index is -4.80. The molecule has 0 spiro atoms. The number of anilines is 3. The number of aromatic nitrogens is 1. The van der Waals surface area contributed by atoms with E-state index in [1.807, 2.05) is 4.90 Å². The zero-order valence-corrected chi connectivity index (χ0v) is 18.8. The van der Waals surface area contributed by atoms with Gasteiger partial charge in [0.15, 0.2) is 5.75 Å². The number of ether oxygens (including phenoxy) is 2. The van der Waals surface area contributed by atoms with Gasteiger partial charge in [-0.1, -0.05) is 6.07 Å². The highest BCUT2D eigenvalue weighted by Gasteiger charge is 2.31. The van der Waals surface area contributed by atoms with E-state index in [0.717, 1.165) is 12.1 Å². The van der Waals surface area contributed by atoms with E-state index in [9.17, 15) is 22.8 Å². The standard InChI is InChI=1S/C24H21F3N4O4/c1-30(2)23(33)18-6-4-12-28-21(18)31-13-14-34-20-17(5-3-7-19(20)31)22(32)29-15-8-10-16(11-9-15)35-24(25,26)27/h3-12H,13-14H2,1-2H3,(H,29,32). The first-order valence-corrected chi connectivity index (χ1v) is 10.5. The number of para-hydroxylation sites is 1. The van der Waals surface area contributed by atoms with Gasteiger partial charge in [0.2, 0.25) is 0 Å². The van der Waals surface area contributed by atoms with E-state index < -0.39 is 18.0 Å². The molecule has 8 nitrogen and oxygen atoms in total. The number of alkyl halides is 3. The minimum Gasteiger partial charge on any atom is -0.489 e. The Morgan fingerprint density at radius 3 is 2.46 bits per heavy atom. The van der Waals surface area contributed by atoms with Crippen LogP contribution in [-0.4, -0.2) is 55.3 Å². The number of rotatable bonds is 5. The number of hydrogen-bond acceptors (Lipinski definition) is 6. The van der Waals surface area contributed by atoms with Crippen molar-refractivity contribution >= 4 is 29.0 Å². The molecule has 2 amide bonds. The van der Waals surface area contributed by atoms with E-state index in [4.69, 9.17) is 4.74 Å². The van der Waals surface area contributed by atoms with Crippen molar-refractivity contribution < 1.29 is 32.2 Å². The van der Waals surface area contributed by atoms with Crippen molar-refractivity contribution in [2.75, 3.05) is 37.5 Å². The predicted octanol–water partition coefficient (Wildman–Crippen LogP) is 4.46. The Morgan fingerprint density at radius 2 is 1.77 bits per heavy atom. The van der Waals surface area contributed by atoms with E-state index in [1.165, 1.54) is 17.0 Å². The number of halogens is 3. The van der Waals surface area contributed by atoms with Crippen molar-refractivity contribution in [3.63, 3.8) is 0 Å². The van der Waals surface area contributed by atoms with Crippen LogP contribution in [0.15, 0.2) is 60.8 Å². The molecule has 0 radical (unpaired) electrons. The van der Waals surface area contributed by atoms with Crippen LogP contribution in [0, 0.1) is 0 Å². The Morgan fingerprint density at radius 1 is 1.06 bits per heavy atom. The molecule has 1 aliphatic heterocycles. The summed E-state index contributed by atoms with van der Waals surface area (Å²) in [6, 6.07) is 13.2. The van der Waals surface area contributed by atoms with Crippen molar-refractivity contribution in [3.8, 4) is 11.5 Å². The summed E-state index contributed by atoms with van der Waals surface area (Å²) in [6.45, 7) is 0.649. The quantitative estimate of drug-likeness (QED) is 0.573. The zero-order valence-electron chi connectivity index (χ0n) is 18.8. The number of carbonyl (C=O) groups excluding carboxylic acids is 2.